The van der Waals surface area contributed by atoms with E-state index in [1.165, 1.54) is 37.2 Å². The summed E-state index contributed by atoms with van der Waals surface area (Å²) in [5, 5.41) is 9.61. The Hall–Kier alpha value is -0.480. The smallest absolute Gasteiger partial charge is 0.0924 e. The van der Waals surface area contributed by atoms with Gasteiger partial charge in [-0.15, -0.1) is 5.10 Å². The average Bonchev–Trinajstić information content (AvgIpc) is 2.70. The lowest BCUT2D eigenvalue weighted by atomic mass is 10.1. The Balaban J connectivity index is 2.39. The number of aromatic nitrogens is 2. The number of nitrogens with zero attached hydrogens (tertiary/aromatic N) is 2. The first-order chi connectivity index (χ1) is 6.88. The lowest BCUT2D eigenvalue weighted by Gasteiger charge is -2.14. The van der Waals surface area contributed by atoms with Crippen LogP contribution in [-0.2, 0) is 0 Å². The summed E-state index contributed by atoms with van der Waals surface area (Å²) in [6.07, 6.45) is 5.02. The standard InChI is InChI=1S/C10H19N3S/c1-3-5-6-7-9(11-4-2)10-8-14-13-12-10/h8-9,11H,3-7H2,1-2H3. The molecule has 1 rings (SSSR count). The zero-order valence-electron chi connectivity index (χ0n) is 8.99. The van der Waals surface area contributed by atoms with E-state index < -0.39 is 0 Å². The molecule has 1 N–H and O–H groups in total. The summed E-state index contributed by atoms with van der Waals surface area (Å²) in [6, 6.07) is 0.408. The molecule has 1 aromatic rings. The molecular formula is C10H19N3S. The van der Waals surface area contributed by atoms with Gasteiger partial charge in [0.1, 0.15) is 0 Å². The Bertz CT molecular complexity index is 223. The van der Waals surface area contributed by atoms with Gasteiger partial charge in [-0.1, -0.05) is 37.6 Å². The number of hydrogen-bond acceptors (Lipinski definition) is 4. The quantitative estimate of drug-likeness (QED) is 0.708. The fourth-order valence-electron chi connectivity index (χ4n) is 1.52. The molecule has 1 aromatic heterocycles. The van der Waals surface area contributed by atoms with Gasteiger partial charge in [-0.05, 0) is 24.5 Å². The third-order valence-electron chi connectivity index (χ3n) is 2.28. The van der Waals surface area contributed by atoms with Crippen molar-refractivity contribution < 1.29 is 0 Å². The summed E-state index contributed by atoms with van der Waals surface area (Å²) in [5.74, 6) is 0. The average molecular weight is 213 g/mol. The zero-order chi connectivity index (χ0) is 10.2. The van der Waals surface area contributed by atoms with Crippen LogP contribution < -0.4 is 5.32 Å². The van der Waals surface area contributed by atoms with Crippen LogP contribution in [0.2, 0.25) is 0 Å². The molecule has 1 unspecified atom stereocenters. The van der Waals surface area contributed by atoms with Crippen LogP contribution in [0.3, 0.4) is 0 Å². The highest BCUT2D eigenvalue weighted by atomic mass is 32.1. The second-order valence-electron chi connectivity index (χ2n) is 3.44. The maximum absolute atomic E-state index is 4.12. The van der Waals surface area contributed by atoms with Crippen LogP contribution >= 0.6 is 11.5 Å². The predicted octanol–water partition coefficient (Wildman–Crippen LogP) is 2.77. The van der Waals surface area contributed by atoms with Crippen LogP contribution in [0.1, 0.15) is 51.3 Å². The van der Waals surface area contributed by atoms with E-state index in [9.17, 15) is 0 Å². The summed E-state index contributed by atoms with van der Waals surface area (Å²) >= 11 is 1.43. The number of nitrogens with one attached hydrogen (secondary N) is 1. The van der Waals surface area contributed by atoms with Crippen molar-refractivity contribution in [2.75, 3.05) is 6.54 Å². The molecule has 0 aliphatic rings. The molecule has 0 radical (unpaired) electrons. The van der Waals surface area contributed by atoms with Crippen molar-refractivity contribution in [2.24, 2.45) is 0 Å². The van der Waals surface area contributed by atoms with Crippen molar-refractivity contribution >= 4 is 11.5 Å². The Morgan fingerprint density at radius 2 is 2.29 bits per heavy atom. The van der Waals surface area contributed by atoms with Gasteiger partial charge < -0.3 is 5.32 Å². The van der Waals surface area contributed by atoms with Gasteiger partial charge in [0.15, 0.2) is 0 Å². The highest BCUT2D eigenvalue weighted by Gasteiger charge is 2.11. The first-order valence-electron chi connectivity index (χ1n) is 5.38. The van der Waals surface area contributed by atoms with Crippen LogP contribution in [0.5, 0.6) is 0 Å². The summed E-state index contributed by atoms with van der Waals surface area (Å²) in [5.41, 5.74) is 1.10. The maximum Gasteiger partial charge on any atom is 0.0924 e. The van der Waals surface area contributed by atoms with Crippen LogP contribution in [0.25, 0.3) is 0 Å². The van der Waals surface area contributed by atoms with Crippen molar-refractivity contribution in [3.05, 3.63) is 11.1 Å². The fourth-order valence-corrected chi connectivity index (χ4v) is 2.03. The molecule has 0 aromatic carbocycles. The topological polar surface area (TPSA) is 37.8 Å². The third kappa shape index (κ3) is 3.72. The second-order valence-corrected chi connectivity index (χ2v) is 4.05. The Kier molecular flexibility index (Phi) is 5.71. The van der Waals surface area contributed by atoms with Crippen LogP contribution in [0.15, 0.2) is 5.38 Å². The van der Waals surface area contributed by atoms with Crippen molar-refractivity contribution in [3.63, 3.8) is 0 Å². The lowest BCUT2D eigenvalue weighted by molar-refractivity contribution is 0.476. The van der Waals surface area contributed by atoms with E-state index in [0.29, 0.717) is 6.04 Å². The molecule has 1 heterocycles. The molecule has 0 saturated carbocycles. The molecular weight excluding hydrogens is 194 g/mol. The van der Waals surface area contributed by atoms with Gasteiger partial charge in [-0.3, -0.25) is 0 Å². The molecule has 0 spiro atoms. The van der Waals surface area contributed by atoms with Crippen LogP contribution in [-0.4, -0.2) is 16.1 Å². The lowest BCUT2D eigenvalue weighted by Crippen LogP contribution is -2.21. The van der Waals surface area contributed by atoms with Crippen LogP contribution in [0.4, 0.5) is 0 Å². The highest BCUT2D eigenvalue weighted by Crippen LogP contribution is 2.18. The van der Waals surface area contributed by atoms with E-state index in [-0.39, 0.29) is 0 Å². The second kappa shape index (κ2) is 6.90. The Labute approximate surface area is 90.1 Å². The highest BCUT2D eigenvalue weighted by molar-refractivity contribution is 7.03. The molecule has 14 heavy (non-hydrogen) atoms. The van der Waals surface area contributed by atoms with Gasteiger partial charge in [0.05, 0.1) is 11.7 Å². The van der Waals surface area contributed by atoms with Crippen molar-refractivity contribution in [3.8, 4) is 0 Å². The van der Waals surface area contributed by atoms with E-state index in [2.05, 4.69) is 28.8 Å². The van der Waals surface area contributed by atoms with E-state index in [1.807, 2.05) is 5.38 Å². The van der Waals surface area contributed by atoms with Gasteiger partial charge in [0, 0.05) is 5.38 Å². The summed E-state index contributed by atoms with van der Waals surface area (Å²) in [7, 11) is 0. The molecule has 0 aliphatic heterocycles. The molecule has 0 fully saturated rings. The Morgan fingerprint density at radius 1 is 1.43 bits per heavy atom. The number of hydrogen-bond donors (Lipinski definition) is 1. The first kappa shape index (κ1) is 11.6. The molecule has 0 aliphatic carbocycles. The van der Waals surface area contributed by atoms with Gasteiger partial charge in [-0.2, -0.15) is 0 Å². The third-order valence-corrected chi connectivity index (χ3v) is 2.80. The van der Waals surface area contributed by atoms with Crippen molar-refractivity contribution in [2.45, 2.75) is 45.6 Å². The largest absolute Gasteiger partial charge is 0.309 e. The van der Waals surface area contributed by atoms with E-state index >= 15 is 0 Å². The Morgan fingerprint density at radius 3 is 2.86 bits per heavy atom. The van der Waals surface area contributed by atoms with Crippen molar-refractivity contribution in [1.29, 1.82) is 0 Å². The molecule has 3 nitrogen and oxygen atoms in total. The van der Waals surface area contributed by atoms with Gasteiger partial charge >= 0.3 is 0 Å². The minimum absolute atomic E-state index is 0.408. The minimum atomic E-state index is 0.408. The molecule has 0 amide bonds. The molecule has 0 saturated heterocycles. The SMILES string of the molecule is CCCCCC(NCC)c1csnn1. The number of rotatable bonds is 7. The monoisotopic (exact) mass is 213 g/mol. The van der Waals surface area contributed by atoms with Crippen LogP contribution in [0, 0.1) is 0 Å². The normalized spacial score (nSPS) is 13.0. The van der Waals surface area contributed by atoms with E-state index in [1.54, 1.807) is 0 Å². The fraction of sp³-hybridized carbons (Fsp3) is 0.800. The maximum atomic E-state index is 4.12. The van der Waals surface area contributed by atoms with Gasteiger partial charge in [-0.25, -0.2) is 0 Å². The van der Waals surface area contributed by atoms with Gasteiger partial charge in [0.2, 0.25) is 0 Å². The first-order valence-corrected chi connectivity index (χ1v) is 6.22. The summed E-state index contributed by atoms with van der Waals surface area (Å²) < 4.78 is 3.91. The minimum Gasteiger partial charge on any atom is -0.309 e. The molecule has 0 bridgehead atoms. The zero-order valence-corrected chi connectivity index (χ0v) is 9.81. The van der Waals surface area contributed by atoms with Gasteiger partial charge in [0.25, 0.3) is 0 Å². The van der Waals surface area contributed by atoms with E-state index in [4.69, 9.17) is 0 Å². The van der Waals surface area contributed by atoms with E-state index in [0.717, 1.165) is 12.2 Å². The molecule has 80 valence electrons. The summed E-state index contributed by atoms with van der Waals surface area (Å²) in [6.45, 7) is 5.35. The number of unbranched alkanes of at least 4 members (excludes halogenated alkanes) is 2. The predicted molar refractivity (Wildman–Crippen MR) is 60.5 cm³/mol. The van der Waals surface area contributed by atoms with Crippen molar-refractivity contribution in [1.82, 2.24) is 14.9 Å². The summed E-state index contributed by atoms with van der Waals surface area (Å²) in [4.78, 5) is 0. The molecule has 1 atom stereocenters. The molecule has 4 heteroatoms.